The molecule has 10 heteroatoms. The van der Waals surface area contributed by atoms with E-state index in [4.69, 9.17) is 9.52 Å². The molecule has 0 radical (unpaired) electrons. The van der Waals surface area contributed by atoms with Crippen molar-refractivity contribution in [3.05, 3.63) is 23.2 Å². The van der Waals surface area contributed by atoms with E-state index in [9.17, 15) is 27.6 Å². The molecule has 0 bridgehead atoms. The first kappa shape index (κ1) is 17.5. The average Bonchev–Trinajstić information content (AvgIpc) is 2.86. The molecule has 22 heavy (non-hydrogen) atoms. The van der Waals surface area contributed by atoms with Gasteiger partial charge in [0, 0.05) is 12.5 Å². The van der Waals surface area contributed by atoms with Gasteiger partial charge in [-0.1, -0.05) is 6.92 Å². The number of nitrogens with one attached hydrogen (secondary N) is 2. The van der Waals surface area contributed by atoms with Crippen LogP contribution in [0.3, 0.4) is 0 Å². The van der Waals surface area contributed by atoms with E-state index < -0.39 is 37.0 Å². The number of amides is 2. The van der Waals surface area contributed by atoms with Crippen molar-refractivity contribution in [2.75, 3.05) is 13.1 Å². The lowest BCUT2D eigenvalue weighted by atomic mass is 10.2. The van der Waals surface area contributed by atoms with Gasteiger partial charge >= 0.3 is 12.1 Å². The summed E-state index contributed by atoms with van der Waals surface area (Å²) in [6.45, 7) is -0.581. The van der Waals surface area contributed by atoms with Crippen LogP contribution in [0.4, 0.5) is 13.2 Å². The first-order valence-corrected chi connectivity index (χ1v) is 6.11. The fourth-order valence-electron chi connectivity index (χ4n) is 1.49. The number of carbonyl (C=O) groups is 3. The Morgan fingerprint density at radius 2 is 1.91 bits per heavy atom. The highest BCUT2D eigenvalue weighted by Crippen LogP contribution is 2.16. The molecule has 7 nitrogen and oxygen atoms in total. The number of carboxylic acid groups (broad SMARTS) is 1. The molecule has 0 aromatic carbocycles. The maximum Gasteiger partial charge on any atom is 0.405 e. The number of carbonyl (C=O) groups excluding carboxylic acids is 2. The minimum atomic E-state index is -4.55. The first-order valence-electron chi connectivity index (χ1n) is 6.11. The zero-order valence-electron chi connectivity index (χ0n) is 11.4. The molecule has 1 aromatic rings. The fraction of sp³-hybridized carbons (Fsp3) is 0.417. The van der Waals surface area contributed by atoms with E-state index in [0.29, 0.717) is 0 Å². The highest BCUT2D eigenvalue weighted by atomic mass is 19.4. The lowest BCUT2D eigenvalue weighted by molar-refractivity contribution is -0.137. The van der Waals surface area contributed by atoms with E-state index >= 15 is 0 Å². The van der Waals surface area contributed by atoms with Crippen LogP contribution in [-0.2, 0) is 11.2 Å². The normalized spacial score (nSPS) is 11.1. The van der Waals surface area contributed by atoms with Crippen LogP contribution in [-0.4, -0.2) is 42.2 Å². The summed E-state index contributed by atoms with van der Waals surface area (Å²) in [7, 11) is 0. The molecule has 0 fully saturated rings. The lowest BCUT2D eigenvalue weighted by Gasteiger charge is -2.08. The molecule has 0 saturated carbocycles. The molecule has 3 N–H and O–H groups in total. The second kappa shape index (κ2) is 6.96. The molecule has 0 aliphatic rings. The van der Waals surface area contributed by atoms with Gasteiger partial charge in [0.05, 0.1) is 6.54 Å². The van der Waals surface area contributed by atoms with Gasteiger partial charge < -0.3 is 20.2 Å². The number of hydrogen-bond acceptors (Lipinski definition) is 4. The van der Waals surface area contributed by atoms with Crippen LogP contribution in [0.25, 0.3) is 0 Å². The van der Waals surface area contributed by atoms with Crippen LogP contribution in [0.1, 0.15) is 33.6 Å². The second-order valence-electron chi connectivity index (χ2n) is 4.18. The molecule has 0 aliphatic heterocycles. The minimum absolute atomic E-state index is 0.0826. The van der Waals surface area contributed by atoms with Crippen LogP contribution < -0.4 is 10.6 Å². The molecule has 0 spiro atoms. The molecule has 1 heterocycles. The van der Waals surface area contributed by atoms with Crippen LogP contribution in [0.15, 0.2) is 10.5 Å². The predicted molar refractivity (Wildman–Crippen MR) is 66.4 cm³/mol. The molecule has 2 amide bonds. The third-order valence-corrected chi connectivity index (χ3v) is 2.48. The van der Waals surface area contributed by atoms with Gasteiger partial charge in [-0.05, 0) is 0 Å². The molecule has 0 unspecified atom stereocenters. The summed E-state index contributed by atoms with van der Waals surface area (Å²) in [6.07, 6.45) is -4.31. The van der Waals surface area contributed by atoms with E-state index in [-0.39, 0.29) is 23.5 Å². The Bertz CT molecular complexity index is 580. The highest BCUT2D eigenvalue weighted by molar-refractivity contribution is 5.97. The van der Waals surface area contributed by atoms with Gasteiger partial charge in [-0.15, -0.1) is 0 Å². The standard InChI is InChI=1S/C12H13F3N2O5/c1-2-7-6(11(20)21)3-8(22-7)10(19)16-4-9(18)17-5-12(13,14)15/h3H,2,4-5H2,1H3,(H,16,19)(H,17,18)(H,20,21). The van der Waals surface area contributed by atoms with E-state index in [2.05, 4.69) is 0 Å². The summed E-state index contributed by atoms with van der Waals surface area (Å²) in [6, 6.07) is 0.990. The van der Waals surface area contributed by atoms with Gasteiger partial charge in [0.1, 0.15) is 17.9 Å². The summed E-state index contributed by atoms with van der Waals surface area (Å²) in [4.78, 5) is 33.7. The van der Waals surface area contributed by atoms with E-state index in [1.165, 1.54) is 0 Å². The monoisotopic (exact) mass is 322 g/mol. The van der Waals surface area contributed by atoms with Gasteiger partial charge in [-0.25, -0.2) is 4.79 Å². The van der Waals surface area contributed by atoms with Crippen molar-refractivity contribution in [2.24, 2.45) is 0 Å². The van der Waals surface area contributed by atoms with Crippen molar-refractivity contribution in [3.63, 3.8) is 0 Å². The number of carboxylic acids is 1. The summed E-state index contributed by atoms with van der Waals surface area (Å²) < 4.78 is 40.6. The molecule has 0 aliphatic carbocycles. The molecule has 122 valence electrons. The van der Waals surface area contributed by atoms with Crippen molar-refractivity contribution in [1.82, 2.24) is 10.6 Å². The van der Waals surface area contributed by atoms with Crippen LogP contribution >= 0.6 is 0 Å². The van der Waals surface area contributed by atoms with Crippen LogP contribution in [0.2, 0.25) is 0 Å². The number of rotatable bonds is 6. The first-order chi connectivity index (χ1) is 10.1. The van der Waals surface area contributed by atoms with Gasteiger partial charge in [0.2, 0.25) is 5.91 Å². The third-order valence-electron chi connectivity index (χ3n) is 2.48. The van der Waals surface area contributed by atoms with Crippen molar-refractivity contribution in [2.45, 2.75) is 19.5 Å². The summed E-state index contributed by atoms with van der Waals surface area (Å²) >= 11 is 0. The van der Waals surface area contributed by atoms with Crippen molar-refractivity contribution in [1.29, 1.82) is 0 Å². The maximum atomic E-state index is 11.9. The number of aromatic carboxylic acids is 1. The second-order valence-corrected chi connectivity index (χ2v) is 4.18. The zero-order valence-corrected chi connectivity index (χ0v) is 11.4. The maximum absolute atomic E-state index is 11.9. The molecular formula is C12H13F3N2O5. The largest absolute Gasteiger partial charge is 0.478 e. The Hall–Kier alpha value is -2.52. The quantitative estimate of drug-likeness (QED) is 0.722. The Balaban J connectivity index is 2.59. The fourth-order valence-corrected chi connectivity index (χ4v) is 1.49. The summed E-state index contributed by atoms with van der Waals surface area (Å²) in [5, 5.41) is 12.5. The topological polar surface area (TPSA) is 109 Å². The Morgan fingerprint density at radius 1 is 1.27 bits per heavy atom. The van der Waals surface area contributed by atoms with Gasteiger partial charge in [-0.3, -0.25) is 9.59 Å². The van der Waals surface area contributed by atoms with E-state index in [1.807, 2.05) is 5.32 Å². The third kappa shape index (κ3) is 5.11. The van der Waals surface area contributed by atoms with Crippen molar-refractivity contribution >= 4 is 17.8 Å². The smallest absolute Gasteiger partial charge is 0.405 e. The van der Waals surface area contributed by atoms with E-state index in [0.717, 1.165) is 6.07 Å². The number of alkyl halides is 3. The molecule has 1 rings (SSSR count). The Labute approximate surface area is 122 Å². The van der Waals surface area contributed by atoms with Gasteiger partial charge in [-0.2, -0.15) is 13.2 Å². The highest BCUT2D eigenvalue weighted by Gasteiger charge is 2.27. The Kier molecular flexibility index (Phi) is 5.55. The zero-order chi connectivity index (χ0) is 16.9. The molecule has 1 aromatic heterocycles. The van der Waals surface area contributed by atoms with Crippen LogP contribution in [0.5, 0.6) is 0 Å². The average molecular weight is 322 g/mol. The summed E-state index contributed by atoms with van der Waals surface area (Å²) in [5.41, 5.74) is -0.186. The van der Waals surface area contributed by atoms with E-state index in [1.54, 1.807) is 12.2 Å². The van der Waals surface area contributed by atoms with Gasteiger partial charge in [0.15, 0.2) is 5.76 Å². The van der Waals surface area contributed by atoms with Gasteiger partial charge in [0.25, 0.3) is 5.91 Å². The number of furan rings is 1. The molecule has 0 atom stereocenters. The lowest BCUT2D eigenvalue weighted by Crippen LogP contribution is -2.40. The van der Waals surface area contributed by atoms with Crippen LogP contribution in [0, 0.1) is 0 Å². The van der Waals surface area contributed by atoms with Crippen molar-refractivity contribution in [3.8, 4) is 0 Å². The number of aryl methyl sites for hydroxylation is 1. The Morgan fingerprint density at radius 3 is 2.36 bits per heavy atom. The minimum Gasteiger partial charge on any atom is -0.478 e. The molecule has 0 saturated heterocycles. The number of halogens is 3. The summed E-state index contributed by atoms with van der Waals surface area (Å²) in [5.74, 6) is -3.46. The number of hydrogen-bond donors (Lipinski definition) is 3. The SMILES string of the molecule is CCc1oc(C(=O)NCC(=O)NCC(F)(F)F)cc1C(=O)O. The van der Waals surface area contributed by atoms with Crippen molar-refractivity contribution < 1.29 is 37.1 Å². The molecular weight excluding hydrogens is 309 g/mol. The predicted octanol–water partition coefficient (Wildman–Crippen LogP) is 0.948.